The van der Waals surface area contributed by atoms with Gasteiger partial charge in [0.15, 0.2) is 0 Å². The lowest BCUT2D eigenvalue weighted by Crippen LogP contribution is -2.23. The zero-order chi connectivity index (χ0) is 13.1. The molecule has 0 saturated carbocycles. The van der Waals surface area contributed by atoms with E-state index >= 15 is 0 Å². The molecule has 0 aliphatic heterocycles. The first-order chi connectivity index (χ1) is 8.63. The van der Waals surface area contributed by atoms with Crippen molar-refractivity contribution in [2.45, 2.75) is 26.8 Å². The number of nitrogens with two attached hydrogens (primary N) is 1. The Morgan fingerprint density at radius 2 is 2.17 bits per heavy atom. The van der Waals surface area contributed by atoms with Crippen molar-refractivity contribution in [3.05, 3.63) is 47.0 Å². The van der Waals surface area contributed by atoms with Crippen LogP contribution in [0.4, 0.5) is 5.82 Å². The van der Waals surface area contributed by atoms with Gasteiger partial charge in [-0.25, -0.2) is 4.98 Å². The lowest BCUT2D eigenvalue weighted by atomic mass is 9.98. The van der Waals surface area contributed by atoms with Gasteiger partial charge < -0.3 is 15.5 Å². The fourth-order valence-corrected chi connectivity index (χ4v) is 2.12. The molecule has 0 spiro atoms. The quantitative estimate of drug-likeness (QED) is 0.869. The fourth-order valence-electron chi connectivity index (χ4n) is 2.12. The highest BCUT2D eigenvalue weighted by Crippen LogP contribution is 2.28. The number of nitrogen functional groups attached to an aromatic ring is 1. The molecule has 0 radical (unpaired) electrons. The largest absolute Gasteiger partial charge is 0.469 e. The van der Waals surface area contributed by atoms with Gasteiger partial charge in [-0.05, 0) is 38.1 Å². The molecule has 0 aliphatic carbocycles. The number of nitrogens with zero attached hydrogens (tertiary/aromatic N) is 1. The Bertz CT molecular complexity index is 534. The van der Waals surface area contributed by atoms with Gasteiger partial charge in [0.25, 0.3) is 0 Å². The summed E-state index contributed by atoms with van der Waals surface area (Å²) < 4.78 is 5.38. The second-order valence-corrected chi connectivity index (χ2v) is 4.41. The van der Waals surface area contributed by atoms with E-state index < -0.39 is 0 Å². The average molecular weight is 245 g/mol. The van der Waals surface area contributed by atoms with Gasteiger partial charge in [-0.15, -0.1) is 0 Å². The van der Waals surface area contributed by atoms with Gasteiger partial charge >= 0.3 is 0 Å². The molecule has 2 aromatic rings. The lowest BCUT2D eigenvalue weighted by molar-refractivity contribution is 0.520. The first-order valence-electron chi connectivity index (χ1n) is 6.13. The fraction of sp³-hybridized carbons (Fsp3) is 0.357. The van der Waals surface area contributed by atoms with Crippen LogP contribution in [0.5, 0.6) is 0 Å². The van der Waals surface area contributed by atoms with Crippen LogP contribution in [0.25, 0.3) is 0 Å². The molecule has 3 N–H and O–H groups in total. The van der Waals surface area contributed by atoms with E-state index in [2.05, 4.69) is 23.3 Å². The molecule has 4 nitrogen and oxygen atoms in total. The summed E-state index contributed by atoms with van der Waals surface area (Å²) in [5.74, 6) is 1.47. The maximum absolute atomic E-state index is 6.00. The van der Waals surface area contributed by atoms with Gasteiger partial charge in [0.05, 0.1) is 12.3 Å². The molecule has 1 atom stereocenters. The number of hydrogen-bond donors (Lipinski definition) is 2. The summed E-state index contributed by atoms with van der Waals surface area (Å²) in [7, 11) is 0. The second kappa shape index (κ2) is 5.23. The molecule has 0 amide bonds. The van der Waals surface area contributed by atoms with Crippen LogP contribution in [0, 0.1) is 13.8 Å². The van der Waals surface area contributed by atoms with Crippen LogP contribution in [0.1, 0.15) is 35.4 Å². The number of hydrogen-bond acceptors (Lipinski definition) is 4. The summed E-state index contributed by atoms with van der Waals surface area (Å²) in [6, 6.07) is 4.08. The average Bonchev–Trinajstić information content (AvgIpc) is 2.76. The molecule has 0 bridgehead atoms. The van der Waals surface area contributed by atoms with Gasteiger partial charge in [0.2, 0.25) is 0 Å². The van der Waals surface area contributed by atoms with Crippen LogP contribution >= 0.6 is 0 Å². The SMILES string of the molecule is CCNC(c1cc(C)cnc1N)c1ccoc1C. The zero-order valence-electron chi connectivity index (χ0n) is 11.0. The number of pyridine rings is 1. The molecule has 18 heavy (non-hydrogen) atoms. The Balaban J connectivity index is 2.48. The Morgan fingerprint density at radius 1 is 1.39 bits per heavy atom. The Labute approximate surface area is 107 Å². The van der Waals surface area contributed by atoms with E-state index in [4.69, 9.17) is 10.2 Å². The molecule has 4 heteroatoms. The topological polar surface area (TPSA) is 64.1 Å². The number of nitrogens with one attached hydrogen (secondary N) is 1. The third-order valence-electron chi connectivity index (χ3n) is 3.02. The highest BCUT2D eigenvalue weighted by atomic mass is 16.3. The van der Waals surface area contributed by atoms with E-state index in [0.717, 1.165) is 29.0 Å². The molecule has 0 aliphatic rings. The molecule has 0 aromatic carbocycles. The van der Waals surface area contributed by atoms with Crippen molar-refractivity contribution in [2.75, 3.05) is 12.3 Å². The van der Waals surface area contributed by atoms with E-state index in [-0.39, 0.29) is 6.04 Å². The Kier molecular flexibility index (Phi) is 3.67. The van der Waals surface area contributed by atoms with Crippen molar-refractivity contribution in [2.24, 2.45) is 0 Å². The summed E-state index contributed by atoms with van der Waals surface area (Å²) in [5.41, 5.74) is 9.20. The smallest absolute Gasteiger partial charge is 0.128 e. The minimum absolute atomic E-state index is 0.0288. The van der Waals surface area contributed by atoms with E-state index in [1.54, 1.807) is 12.5 Å². The number of aryl methyl sites for hydroxylation is 2. The minimum Gasteiger partial charge on any atom is -0.469 e. The molecule has 0 fully saturated rings. The van der Waals surface area contributed by atoms with Crippen LogP contribution in [-0.2, 0) is 0 Å². The highest BCUT2D eigenvalue weighted by molar-refractivity contribution is 5.47. The Hall–Kier alpha value is -1.81. The van der Waals surface area contributed by atoms with Crippen molar-refractivity contribution >= 4 is 5.82 Å². The van der Waals surface area contributed by atoms with Crippen LogP contribution in [0.3, 0.4) is 0 Å². The summed E-state index contributed by atoms with van der Waals surface area (Å²) in [6.07, 6.45) is 3.48. The maximum Gasteiger partial charge on any atom is 0.128 e. The summed E-state index contributed by atoms with van der Waals surface area (Å²) >= 11 is 0. The van der Waals surface area contributed by atoms with Gasteiger partial charge in [0, 0.05) is 17.3 Å². The van der Waals surface area contributed by atoms with E-state index in [1.807, 2.05) is 19.9 Å². The van der Waals surface area contributed by atoms with Crippen LogP contribution < -0.4 is 11.1 Å². The first kappa shape index (κ1) is 12.6. The maximum atomic E-state index is 6.00. The molecule has 2 rings (SSSR count). The van der Waals surface area contributed by atoms with Crippen molar-refractivity contribution < 1.29 is 4.42 Å². The second-order valence-electron chi connectivity index (χ2n) is 4.41. The zero-order valence-corrected chi connectivity index (χ0v) is 11.0. The van der Waals surface area contributed by atoms with Gasteiger partial charge in [0.1, 0.15) is 11.6 Å². The minimum atomic E-state index is 0.0288. The van der Waals surface area contributed by atoms with Gasteiger partial charge in [-0.1, -0.05) is 6.92 Å². The summed E-state index contributed by atoms with van der Waals surface area (Å²) in [4.78, 5) is 4.23. The van der Waals surface area contributed by atoms with Gasteiger partial charge in [-0.3, -0.25) is 0 Å². The predicted octanol–water partition coefficient (Wildman–Crippen LogP) is 2.57. The van der Waals surface area contributed by atoms with Crippen molar-refractivity contribution in [3.8, 4) is 0 Å². The molecular formula is C14H19N3O. The van der Waals surface area contributed by atoms with Crippen LogP contribution in [0.15, 0.2) is 29.0 Å². The van der Waals surface area contributed by atoms with E-state index in [0.29, 0.717) is 5.82 Å². The molecule has 96 valence electrons. The lowest BCUT2D eigenvalue weighted by Gasteiger charge is -2.19. The predicted molar refractivity (Wildman–Crippen MR) is 72.4 cm³/mol. The van der Waals surface area contributed by atoms with E-state index in [1.165, 1.54) is 0 Å². The first-order valence-corrected chi connectivity index (χ1v) is 6.13. The normalized spacial score (nSPS) is 12.6. The highest BCUT2D eigenvalue weighted by Gasteiger charge is 2.20. The van der Waals surface area contributed by atoms with E-state index in [9.17, 15) is 0 Å². The number of anilines is 1. The summed E-state index contributed by atoms with van der Waals surface area (Å²) in [6.45, 7) is 6.89. The monoisotopic (exact) mass is 245 g/mol. The third kappa shape index (κ3) is 2.38. The molecular weight excluding hydrogens is 226 g/mol. The molecule has 2 heterocycles. The number of rotatable bonds is 4. The van der Waals surface area contributed by atoms with Crippen LogP contribution in [0.2, 0.25) is 0 Å². The molecule has 1 unspecified atom stereocenters. The summed E-state index contributed by atoms with van der Waals surface area (Å²) in [5, 5.41) is 3.43. The number of aromatic nitrogens is 1. The number of furan rings is 1. The molecule has 2 aromatic heterocycles. The Morgan fingerprint density at radius 3 is 2.78 bits per heavy atom. The molecule has 0 saturated heterocycles. The standard InChI is InChI=1S/C14H19N3O/c1-4-16-13(11-5-6-18-10(11)3)12-7-9(2)8-17-14(12)15/h5-8,13,16H,4H2,1-3H3,(H2,15,17). The van der Waals surface area contributed by atoms with Crippen molar-refractivity contribution in [3.63, 3.8) is 0 Å². The van der Waals surface area contributed by atoms with Crippen molar-refractivity contribution in [1.29, 1.82) is 0 Å². The van der Waals surface area contributed by atoms with Gasteiger partial charge in [-0.2, -0.15) is 0 Å². The van der Waals surface area contributed by atoms with Crippen molar-refractivity contribution in [1.82, 2.24) is 10.3 Å². The van der Waals surface area contributed by atoms with Crippen LogP contribution in [-0.4, -0.2) is 11.5 Å². The third-order valence-corrected chi connectivity index (χ3v) is 3.02.